The van der Waals surface area contributed by atoms with Crippen molar-refractivity contribution in [2.75, 3.05) is 0 Å². The maximum absolute atomic E-state index is 15.4. The molecule has 2 fully saturated rings. The Bertz CT molecular complexity index is 3580. The fourth-order valence-electron chi connectivity index (χ4n) is 12.9. The molecule has 0 aromatic heterocycles. The average molecular weight is 907 g/mol. The average Bonchev–Trinajstić information content (AvgIpc) is 3.81. The zero-order chi connectivity index (χ0) is 46.6. The Labute approximate surface area is 406 Å². The van der Waals surface area contributed by atoms with E-state index in [1.165, 1.54) is 0 Å². The lowest BCUT2D eigenvalue weighted by molar-refractivity contribution is -0.213. The van der Waals surface area contributed by atoms with Crippen LogP contribution < -0.4 is 0 Å². The molecule has 4 nitrogen and oxygen atoms in total. The first-order valence-corrected chi connectivity index (χ1v) is 24.9. The second kappa shape index (κ2) is 15.8. The Morgan fingerprint density at radius 1 is 0.300 bits per heavy atom. The molecule has 2 aliphatic rings. The van der Waals surface area contributed by atoms with Gasteiger partial charge < -0.3 is 19.7 Å². The number of benzene rings is 12. The van der Waals surface area contributed by atoms with E-state index >= 15 is 10.2 Å². The van der Waals surface area contributed by atoms with Crippen LogP contribution >= 0.6 is 0 Å². The summed E-state index contributed by atoms with van der Waals surface area (Å²) in [7, 11) is 0. The Morgan fingerprint density at radius 2 is 0.529 bits per heavy atom. The van der Waals surface area contributed by atoms with Crippen molar-refractivity contribution in [2.24, 2.45) is 0 Å². The highest BCUT2D eigenvalue weighted by atomic mass is 16.8. The molecule has 2 unspecified atom stereocenters. The maximum atomic E-state index is 15.4. The van der Waals surface area contributed by atoms with Crippen LogP contribution in [0.2, 0.25) is 0 Å². The molecule has 14 rings (SSSR count). The van der Waals surface area contributed by atoms with E-state index in [1.807, 2.05) is 0 Å². The van der Waals surface area contributed by atoms with Crippen molar-refractivity contribution in [3.8, 4) is 0 Å². The fourth-order valence-corrected chi connectivity index (χ4v) is 12.9. The van der Waals surface area contributed by atoms with Crippen LogP contribution in [0.3, 0.4) is 0 Å². The molecule has 338 valence electrons. The van der Waals surface area contributed by atoms with E-state index in [2.05, 4.69) is 218 Å². The predicted octanol–water partition coefficient (Wildman–Crippen LogP) is 15.5. The molecule has 70 heavy (non-hydrogen) atoms. The summed E-state index contributed by atoms with van der Waals surface area (Å²) in [5.74, 6) is -1.10. The van der Waals surface area contributed by atoms with E-state index in [0.29, 0.717) is 35.1 Å². The van der Waals surface area contributed by atoms with Gasteiger partial charge in [-0.1, -0.05) is 201 Å². The fraction of sp³-hybridized carbons (Fsp3) is 0.152. The van der Waals surface area contributed by atoms with Gasteiger partial charge in [-0.25, -0.2) is 0 Å². The van der Waals surface area contributed by atoms with Crippen LogP contribution in [0.5, 0.6) is 0 Å². The summed E-state index contributed by atoms with van der Waals surface area (Å²) < 4.78 is 15.7. The van der Waals surface area contributed by atoms with Gasteiger partial charge in [0.25, 0.3) is 0 Å². The molecular formula is C66H50O4. The van der Waals surface area contributed by atoms with Gasteiger partial charge in [0, 0.05) is 12.8 Å². The zero-order valence-corrected chi connectivity index (χ0v) is 38.7. The number of aliphatic hydroxyl groups is 2. The maximum Gasteiger partial charge on any atom is 0.169 e. The van der Waals surface area contributed by atoms with Crippen molar-refractivity contribution in [3.05, 3.63) is 241 Å². The molecule has 1 saturated carbocycles. The minimum atomic E-state index is -1.94. The first-order chi connectivity index (χ1) is 34.4. The van der Waals surface area contributed by atoms with Crippen LogP contribution in [-0.4, -0.2) is 28.2 Å². The third-order valence-electron chi connectivity index (χ3n) is 16.1. The SMILES string of the molecule is OC(c1cc2ccccc2c2ccccc12)(c1cc2ccccc2c2ccccc12)C1OC2(CCCCC2)OC1C(O)(c1cc2ccccc2c2ccccc12)c1cc2ccccc2c2ccccc12. The normalized spacial score (nSPS) is 17.6. The molecule has 4 heteroatoms. The van der Waals surface area contributed by atoms with Crippen molar-refractivity contribution in [1.29, 1.82) is 0 Å². The molecule has 1 saturated heterocycles. The first-order valence-electron chi connectivity index (χ1n) is 24.9. The lowest BCUT2D eigenvalue weighted by atomic mass is 9.68. The molecule has 1 aliphatic heterocycles. The van der Waals surface area contributed by atoms with Crippen molar-refractivity contribution >= 4 is 86.2 Å². The van der Waals surface area contributed by atoms with Gasteiger partial charge in [0.05, 0.1) is 0 Å². The lowest BCUT2D eigenvalue weighted by Gasteiger charge is -2.44. The summed E-state index contributed by atoms with van der Waals surface area (Å²) in [4.78, 5) is 0. The molecular weight excluding hydrogens is 857 g/mol. The smallest absolute Gasteiger partial charge is 0.169 e. The topological polar surface area (TPSA) is 58.9 Å². The molecule has 2 N–H and O–H groups in total. The molecule has 1 spiro atoms. The van der Waals surface area contributed by atoms with E-state index < -0.39 is 29.2 Å². The van der Waals surface area contributed by atoms with Crippen molar-refractivity contribution in [2.45, 2.75) is 61.3 Å². The first kappa shape index (κ1) is 41.5. The van der Waals surface area contributed by atoms with Crippen LogP contribution in [0.1, 0.15) is 54.4 Å². The lowest BCUT2D eigenvalue weighted by Crippen LogP contribution is -2.55. The van der Waals surface area contributed by atoms with Crippen LogP contribution in [0, 0.1) is 0 Å². The third-order valence-corrected chi connectivity index (χ3v) is 16.1. The monoisotopic (exact) mass is 906 g/mol. The molecule has 2 atom stereocenters. The number of fused-ring (bicyclic) bond motifs is 12. The van der Waals surface area contributed by atoms with Gasteiger partial charge in [-0.15, -0.1) is 0 Å². The van der Waals surface area contributed by atoms with Gasteiger partial charge in [0.1, 0.15) is 23.4 Å². The van der Waals surface area contributed by atoms with Crippen LogP contribution in [-0.2, 0) is 20.7 Å². The molecule has 1 heterocycles. The highest BCUT2D eigenvalue weighted by Crippen LogP contribution is 2.58. The van der Waals surface area contributed by atoms with Crippen molar-refractivity contribution < 1.29 is 19.7 Å². The number of ether oxygens (including phenoxy) is 2. The van der Waals surface area contributed by atoms with Gasteiger partial charge in [0.15, 0.2) is 5.79 Å². The number of hydrogen-bond acceptors (Lipinski definition) is 4. The number of rotatable bonds is 6. The summed E-state index contributed by atoms with van der Waals surface area (Å²) in [6, 6.07) is 76.1. The van der Waals surface area contributed by atoms with E-state index in [4.69, 9.17) is 9.47 Å². The second-order valence-electron chi connectivity index (χ2n) is 19.8. The Morgan fingerprint density at radius 3 is 0.800 bits per heavy atom. The van der Waals surface area contributed by atoms with Crippen molar-refractivity contribution in [1.82, 2.24) is 0 Å². The van der Waals surface area contributed by atoms with E-state index in [0.717, 1.165) is 105 Å². The van der Waals surface area contributed by atoms with Crippen LogP contribution in [0.15, 0.2) is 218 Å². The highest BCUT2D eigenvalue weighted by Gasteiger charge is 2.64. The minimum Gasteiger partial charge on any atom is -0.377 e. The Kier molecular flexibility index (Phi) is 9.37. The standard InChI is InChI=1S/C66H50O4/c67-65(58-38-42-20-2-6-24-46(42)50-28-10-14-32-54(50)58,59-39-43-21-3-7-25-47(43)51-29-11-15-33-55(51)59)62-63(70-64(69-62)36-18-1-19-37-64)66(68,60-40-44-22-4-8-26-48(44)52-30-12-16-34-56(52)60)61-41-45-23-5-9-27-49(45)53-31-13-17-35-57(53)61/h2-17,20-35,38-41,62-63,67-68H,1,18-19,36-37H2. The van der Waals surface area contributed by atoms with E-state index in [-0.39, 0.29) is 0 Å². The Balaban J connectivity index is 1.17. The summed E-state index contributed by atoms with van der Waals surface area (Å²) in [5.41, 5.74) is -1.09. The zero-order valence-electron chi connectivity index (χ0n) is 38.7. The summed E-state index contributed by atoms with van der Waals surface area (Å²) in [6.07, 6.45) is 1.76. The largest absolute Gasteiger partial charge is 0.377 e. The molecule has 1 aliphatic carbocycles. The van der Waals surface area contributed by atoms with E-state index in [1.54, 1.807) is 0 Å². The van der Waals surface area contributed by atoms with Gasteiger partial charge in [0.2, 0.25) is 0 Å². The van der Waals surface area contributed by atoms with Gasteiger partial charge in [-0.2, -0.15) is 0 Å². The minimum absolute atomic E-state index is 0.625. The Hall–Kier alpha value is -7.44. The van der Waals surface area contributed by atoms with Crippen LogP contribution in [0.25, 0.3) is 86.2 Å². The summed E-state index contributed by atoms with van der Waals surface area (Å²) >= 11 is 0. The number of hydrogen-bond donors (Lipinski definition) is 2. The molecule has 12 aromatic rings. The predicted molar refractivity (Wildman–Crippen MR) is 287 cm³/mol. The van der Waals surface area contributed by atoms with Crippen molar-refractivity contribution in [3.63, 3.8) is 0 Å². The molecule has 0 radical (unpaired) electrons. The molecule has 0 amide bonds. The summed E-state index contributed by atoms with van der Waals surface area (Å²) in [5, 5.41) is 46.8. The quantitative estimate of drug-likeness (QED) is 0.163. The van der Waals surface area contributed by atoms with Gasteiger partial charge in [-0.05, 0) is 146 Å². The van der Waals surface area contributed by atoms with Crippen LogP contribution in [0.4, 0.5) is 0 Å². The second-order valence-corrected chi connectivity index (χ2v) is 19.8. The van der Waals surface area contributed by atoms with E-state index in [9.17, 15) is 0 Å². The van der Waals surface area contributed by atoms with Gasteiger partial charge >= 0.3 is 0 Å². The summed E-state index contributed by atoms with van der Waals surface area (Å²) in [6.45, 7) is 0. The molecule has 0 bridgehead atoms. The molecule has 12 aromatic carbocycles. The highest BCUT2D eigenvalue weighted by molar-refractivity contribution is 6.14. The third kappa shape index (κ3) is 6.04. The van der Waals surface area contributed by atoms with Gasteiger partial charge in [-0.3, -0.25) is 0 Å².